The first-order valence-corrected chi connectivity index (χ1v) is 6.09. The Labute approximate surface area is 80.7 Å². The number of rotatable bonds is 3. The highest BCUT2D eigenvalue weighted by atomic mass is 32.2. The van der Waals surface area contributed by atoms with Gasteiger partial charge in [0, 0.05) is 11.3 Å². The molecule has 1 heterocycles. The van der Waals surface area contributed by atoms with Gasteiger partial charge in [0.1, 0.15) is 0 Å². The fraction of sp³-hybridized carbons (Fsp3) is 1.00. The van der Waals surface area contributed by atoms with Crippen LogP contribution in [0.4, 0.5) is 0 Å². The molecular weight excluding hydrogens is 166 g/mol. The van der Waals surface area contributed by atoms with Gasteiger partial charge in [0.25, 0.3) is 0 Å². The van der Waals surface area contributed by atoms with Crippen LogP contribution in [0, 0.1) is 5.92 Å². The van der Waals surface area contributed by atoms with E-state index < -0.39 is 0 Å². The van der Waals surface area contributed by atoms with Crippen LogP contribution in [0.5, 0.6) is 0 Å². The molecule has 0 aromatic carbocycles. The van der Waals surface area contributed by atoms with E-state index in [0.717, 1.165) is 17.2 Å². The summed E-state index contributed by atoms with van der Waals surface area (Å²) in [7, 11) is 2.10. The highest BCUT2D eigenvalue weighted by Crippen LogP contribution is 2.29. The van der Waals surface area contributed by atoms with Gasteiger partial charge in [-0.05, 0) is 31.6 Å². The summed E-state index contributed by atoms with van der Waals surface area (Å²) in [6, 6.07) is 0.718. The molecule has 0 spiro atoms. The second-order valence-corrected chi connectivity index (χ2v) is 5.31. The van der Waals surface area contributed by atoms with E-state index in [4.69, 9.17) is 0 Å². The molecule has 1 fully saturated rings. The normalized spacial score (nSPS) is 27.5. The summed E-state index contributed by atoms with van der Waals surface area (Å²) in [5, 5.41) is 4.31. The SMILES string of the molecule is CNC(C(C)C)C1CCCCS1. The zero-order valence-corrected chi connectivity index (χ0v) is 9.29. The molecule has 2 heteroatoms. The highest BCUT2D eigenvalue weighted by Gasteiger charge is 2.24. The molecule has 0 bridgehead atoms. The first kappa shape index (κ1) is 10.4. The monoisotopic (exact) mass is 187 g/mol. The van der Waals surface area contributed by atoms with Crippen LogP contribution in [0.25, 0.3) is 0 Å². The fourth-order valence-electron chi connectivity index (χ4n) is 2.00. The van der Waals surface area contributed by atoms with E-state index in [1.54, 1.807) is 0 Å². The molecule has 0 radical (unpaired) electrons. The van der Waals surface area contributed by atoms with Crippen molar-refractivity contribution in [2.45, 2.75) is 44.4 Å². The van der Waals surface area contributed by atoms with Crippen LogP contribution in [0.15, 0.2) is 0 Å². The van der Waals surface area contributed by atoms with Gasteiger partial charge in [0.05, 0.1) is 0 Å². The van der Waals surface area contributed by atoms with Gasteiger partial charge in [-0.15, -0.1) is 0 Å². The van der Waals surface area contributed by atoms with Crippen molar-refractivity contribution in [2.75, 3.05) is 12.8 Å². The topological polar surface area (TPSA) is 12.0 Å². The van der Waals surface area contributed by atoms with Gasteiger partial charge in [-0.3, -0.25) is 0 Å². The van der Waals surface area contributed by atoms with Gasteiger partial charge in [-0.25, -0.2) is 0 Å². The van der Waals surface area contributed by atoms with E-state index in [1.807, 2.05) is 0 Å². The summed E-state index contributed by atoms with van der Waals surface area (Å²) in [6.45, 7) is 4.63. The molecule has 1 saturated heterocycles. The van der Waals surface area contributed by atoms with Crippen LogP contribution in [0.1, 0.15) is 33.1 Å². The lowest BCUT2D eigenvalue weighted by atomic mass is 9.97. The van der Waals surface area contributed by atoms with Crippen LogP contribution in [-0.4, -0.2) is 24.1 Å². The van der Waals surface area contributed by atoms with E-state index in [9.17, 15) is 0 Å². The Hall–Kier alpha value is 0.310. The van der Waals surface area contributed by atoms with Crippen molar-refractivity contribution < 1.29 is 0 Å². The van der Waals surface area contributed by atoms with Gasteiger partial charge in [0.15, 0.2) is 0 Å². The maximum Gasteiger partial charge on any atom is 0.0206 e. The Morgan fingerprint density at radius 3 is 2.50 bits per heavy atom. The van der Waals surface area contributed by atoms with Crippen molar-refractivity contribution >= 4 is 11.8 Å². The molecule has 1 rings (SSSR count). The molecule has 1 aliphatic heterocycles. The molecule has 2 atom stereocenters. The minimum absolute atomic E-state index is 0.718. The highest BCUT2D eigenvalue weighted by molar-refractivity contribution is 8.00. The molecule has 2 unspecified atom stereocenters. The van der Waals surface area contributed by atoms with Crippen molar-refractivity contribution in [3.63, 3.8) is 0 Å². The summed E-state index contributed by atoms with van der Waals surface area (Å²) in [5.41, 5.74) is 0. The molecule has 1 aliphatic rings. The van der Waals surface area contributed by atoms with Crippen LogP contribution < -0.4 is 5.32 Å². The third kappa shape index (κ3) is 2.67. The first-order chi connectivity index (χ1) is 5.75. The van der Waals surface area contributed by atoms with Gasteiger partial charge >= 0.3 is 0 Å². The molecule has 1 N–H and O–H groups in total. The van der Waals surface area contributed by atoms with Crippen molar-refractivity contribution in [3.05, 3.63) is 0 Å². The van der Waals surface area contributed by atoms with Crippen LogP contribution >= 0.6 is 11.8 Å². The van der Waals surface area contributed by atoms with Gasteiger partial charge in [0.2, 0.25) is 0 Å². The number of hydrogen-bond donors (Lipinski definition) is 1. The van der Waals surface area contributed by atoms with Gasteiger partial charge < -0.3 is 5.32 Å². The number of thioether (sulfide) groups is 1. The van der Waals surface area contributed by atoms with E-state index in [2.05, 4.69) is 38.0 Å². The van der Waals surface area contributed by atoms with E-state index in [0.29, 0.717) is 0 Å². The lowest BCUT2D eigenvalue weighted by Gasteiger charge is -2.32. The second-order valence-electron chi connectivity index (χ2n) is 3.96. The van der Waals surface area contributed by atoms with Crippen molar-refractivity contribution in [3.8, 4) is 0 Å². The minimum Gasteiger partial charge on any atom is -0.316 e. The third-order valence-electron chi connectivity index (χ3n) is 2.67. The summed E-state index contributed by atoms with van der Waals surface area (Å²) in [5.74, 6) is 2.14. The van der Waals surface area contributed by atoms with E-state index in [-0.39, 0.29) is 0 Å². The molecular formula is C10H21NS. The predicted molar refractivity (Wildman–Crippen MR) is 57.8 cm³/mol. The Morgan fingerprint density at radius 1 is 1.33 bits per heavy atom. The average molecular weight is 187 g/mol. The Bertz CT molecular complexity index is 119. The average Bonchev–Trinajstić information content (AvgIpc) is 2.07. The number of nitrogens with one attached hydrogen (secondary N) is 1. The van der Waals surface area contributed by atoms with Crippen LogP contribution in [0.3, 0.4) is 0 Å². The van der Waals surface area contributed by atoms with Crippen LogP contribution in [-0.2, 0) is 0 Å². The van der Waals surface area contributed by atoms with Crippen molar-refractivity contribution in [2.24, 2.45) is 5.92 Å². The molecule has 0 saturated carbocycles. The second kappa shape index (κ2) is 5.13. The maximum absolute atomic E-state index is 3.45. The fourth-order valence-corrected chi connectivity index (χ4v) is 3.66. The first-order valence-electron chi connectivity index (χ1n) is 5.04. The summed E-state index contributed by atoms with van der Waals surface area (Å²) >= 11 is 2.16. The zero-order valence-electron chi connectivity index (χ0n) is 8.47. The standard InChI is InChI=1S/C10H21NS/c1-8(2)10(11-3)9-6-4-5-7-12-9/h8-11H,4-7H2,1-3H3. The summed E-state index contributed by atoms with van der Waals surface area (Å²) in [6.07, 6.45) is 4.27. The van der Waals surface area contributed by atoms with Gasteiger partial charge in [-0.1, -0.05) is 20.3 Å². The molecule has 0 aromatic rings. The van der Waals surface area contributed by atoms with Crippen molar-refractivity contribution in [1.82, 2.24) is 5.32 Å². The lowest BCUT2D eigenvalue weighted by Crippen LogP contribution is -2.41. The lowest BCUT2D eigenvalue weighted by molar-refractivity contribution is 0.394. The zero-order chi connectivity index (χ0) is 8.97. The Morgan fingerprint density at radius 2 is 2.08 bits per heavy atom. The molecule has 72 valence electrons. The molecule has 1 nitrogen and oxygen atoms in total. The summed E-state index contributed by atoms with van der Waals surface area (Å²) in [4.78, 5) is 0. The Kier molecular flexibility index (Phi) is 4.44. The van der Waals surface area contributed by atoms with E-state index in [1.165, 1.54) is 25.0 Å². The molecule has 12 heavy (non-hydrogen) atoms. The summed E-state index contributed by atoms with van der Waals surface area (Å²) < 4.78 is 0. The Balaban J connectivity index is 2.40. The number of hydrogen-bond acceptors (Lipinski definition) is 2. The van der Waals surface area contributed by atoms with Gasteiger partial charge in [-0.2, -0.15) is 11.8 Å². The largest absolute Gasteiger partial charge is 0.316 e. The quantitative estimate of drug-likeness (QED) is 0.728. The van der Waals surface area contributed by atoms with Crippen LogP contribution in [0.2, 0.25) is 0 Å². The minimum atomic E-state index is 0.718. The smallest absolute Gasteiger partial charge is 0.0206 e. The molecule has 0 amide bonds. The molecule has 0 aromatic heterocycles. The molecule has 0 aliphatic carbocycles. The maximum atomic E-state index is 3.45. The van der Waals surface area contributed by atoms with E-state index >= 15 is 0 Å². The van der Waals surface area contributed by atoms with Crippen molar-refractivity contribution in [1.29, 1.82) is 0 Å². The third-order valence-corrected chi connectivity index (χ3v) is 4.15. The predicted octanol–water partition coefficient (Wildman–Crippen LogP) is 2.52.